The lowest BCUT2D eigenvalue weighted by Gasteiger charge is -2.38. The van der Waals surface area contributed by atoms with Gasteiger partial charge in [0.05, 0.1) is 6.10 Å². The van der Waals surface area contributed by atoms with Crippen molar-refractivity contribution in [1.82, 2.24) is 5.32 Å². The van der Waals surface area contributed by atoms with Crippen LogP contribution in [0, 0.1) is 0 Å². The van der Waals surface area contributed by atoms with Gasteiger partial charge in [-0.1, -0.05) is 6.42 Å². The highest BCUT2D eigenvalue weighted by molar-refractivity contribution is 5.62. The van der Waals surface area contributed by atoms with Crippen molar-refractivity contribution < 1.29 is 15.0 Å². The second-order valence-electron chi connectivity index (χ2n) is 4.14. The van der Waals surface area contributed by atoms with Gasteiger partial charge in [-0.25, -0.2) is 0 Å². The number of aliphatic hydroxyl groups excluding tert-OH is 1. The first-order chi connectivity index (χ1) is 6.58. The SMILES string of the molecule is CC(=O)O.OC1CC2CCCC(C1)N2. The molecule has 2 fully saturated rings. The Morgan fingerprint density at radius 3 is 2.14 bits per heavy atom. The number of rotatable bonds is 0. The average Bonchev–Trinajstić information content (AvgIpc) is 2.01. The molecule has 4 nitrogen and oxygen atoms in total. The first kappa shape index (κ1) is 11.5. The summed E-state index contributed by atoms with van der Waals surface area (Å²) in [5, 5.41) is 20.3. The number of carbonyl (C=O) groups is 1. The predicted octanol–water partition coefficient (Wildman–Crippen LogP) is 0.743. The molecular weight excluding hydrogens is 182 g/mol. The van der Waals surface area contributed by atoms with Gasteiger partial charge in [0.15, 0.2) is 0 Å². The van der Waals surface area contributed by atoms with Gasteiger partial charge in [-0.2, -0.15) is 0 Å². The molecule has 2 rings (SSSR count). The Morgan fingerprint density at radius 1 is 1.29 bits per heavy atom. The van der Waals surface area contributed by atoms with Crippen LogP contribution in [-0.4, -0.2) is 34.4 Å². The molecule has 2 saturated heterocycles. The Labute approximate surface area is 84.3 Å². The van der Waals surface area contributed by atoms with Crippen molar-refractivity contribution in [3.63, 3.8) is 0 Å². The molecule has 2 aliphatic heterocycles. The van der Waals surface area contributed by atoms with Crippen LogP contribution in [0.4, 0.5) is 0 Å². The van der Waals surface area contributed by atoms with Gasteiger partial charge in [0, 0.05) is 19.0 Å². The normalized spacial score (nSPS) is 35.4. The lowest BCUT2D eigenvalue weighted by Crippen LogP contribution is -2.50. The van der Waals surface area contributed by atoms with E-state index in [1.54, 1.807) is 0 Å². The summed E-state index contributed by atoms with van der Waals surface area (Å²) in [5.74, 6) is -0.833. The van der Waals surface area contributed by atoms with Crippen LogP contribution < -0.4 is 5.32 Å². The summed E-state index contributed by atoms with van der Waals surface area (Å²) >= 11 is 0. The van der Waals surface area contributed by atoms with Gasteiger partial charge < -0.3 is 15.5 Å². The van der Waals surface area contributed by atoms with Crippen LogP contribution >= 0.6 is 0 Å². The second-order valence-corrected chi connectivity index (χ2v) is 4.14. The van der Waals surface area contributed by atoms with Crippen molar-refractivity contribution in [1.29, 1.82) is 0 Å². The lowest BCUT2D eigenvalue weighted by molar-refractivity contribution is -0.134. The minimum absolute atomic E-state index is 0.0171. The number of aliphatic hydroxyl groups is 1. The van der Waals surface area contributed by atoms with E-state index in [1.165, 1.54) is 19.3 Å². The molecule has 0 aromatic carbocycles. The number of aliphatic carboxylic acids is 1. The quantitative estimate of drug-likeness (QED) is 0.540. The molecule has 0 aromatic rings. The van der Waals surface area contributed by atoms with Crippen LogP contribution in [0.2, 0.25) is 0 Å². The standard InChI is InChI=1S/C8H15NO.C2H4O2/c10-8-4-6-2-1-3-7(5-8)9-6;1-2(3)4/h6-10H,1-5H2;1H3,(H,3,4). The molecule has 14 heavy (non-hydrogen) atoms. The number of hydrogen-bond acceptors (Lipinski definition) is 3. The molecule has 2 heterocycles. The molecule has 0 aliphatic carbocycles. The largest absolute Gasteiger partial charge is 0.481 e. The van der Waals surface area contributed by atoms with Gasteiger partial charge in [-0.05, 0) is 25.7 Å². The monoisotopic (exact) mass is 201 g/mol. The number of carboxylic acids is 1. The van der Waals surface area contributed by atoms with Gasteiger partial charge in [-0.3, -0.25) is 4.79 Å². The Bertz CT molecular complexity index is 176. The first-order valence-electron chi connectivity index (χ1n) is 5.21. The van der Waals surface area contributed by atoms with Crippen LogP contribution in [0.3, 0.4) is 0 Å². The van der Waals surface area contributed by atoms with Crippen LogP contribution in [0.1, 0.15) is 39.0 Å². The predicted molar refractivity (Wildman–Crippen MR) is 53.1 cm³/mol. The Morgan fingerprint density at radius 2 is 1.71 bits per heavy atom. The summed E-state index contributed by atoms with van der Waals surface area (Å²) in [6.07, 6.45) is 5.85. The van der Waals surface area contributed by atoms with Crippen molar-refractivity contribution in [3.05, 3.63) is 0 Å². The molecule has 4 heteroatoms. The minimum Gasteiger partial charge on any atom is -0.481 e. The highest BCUT2D eigenvalue weighted by Crippen LogP contribution is 2.25. The van der Waals surface area contributed by atoms with Gasteiger partial charge in [0.2, 0.25) is 0 Å². The third kappa shape index (κ3) is 4.07. The summed E-state index contributed by atoms with van der Waals surface area (Å²) in [5.41, 5.74) is 0. The molecule has 0 radical (unpaired) electrons. The van der Waals surface area contributed by atoms with Crippen LogP contribution in [0.25, 0.3) is 0 Å². The van der Waals surface area contributed by atoms with E-state index >= 15 is 0 Å². The van der Waals surface area contributed by atoms with Crippen molar-refractivity contribution in [2.75, 3.05) is 0 Å². The molecular formula is C10H19NO3. The Balaban J connectivity index is 0.000000213. The van der Waals surface area contributed by atoms with E-state index in [9.17, 15) is 5.11 Å². The van der Waals surface area contributed by atoms with Crippen molar-refractivity contribution in [2.45, 2.75) is 57.2 Å². The smallest absolute Gasteiger partial charge is 0.300 e. The van der Waals surface area contributed by atoms with E-state index < -0.39 is 5.97 Å². The topological polar surface area (TPSA) is 69.6 Å². The maximum absolute atomic E-state index is 9.38. The molecule has 0 spiro atoms. The summed E-state index contributed by atoms with van der Waals surface area (Å²) in [6.45, 7) is 1.08. The number of fused-ring (bicyclic) bond motifs is 2. The van der Waals surface area contributed by atoms with E-state index in [0.717, 1.165) is 19.8 Å². The van der Waals surface area contributed by atoms with Crippen molar-refractivity contribution in [2.24, 2.45) is 0 Å². The molecule has 0 aromatic heterocycles. The highest BCUT2D eigenvalue weighted by Gasteiger charge is 2.29. The van der Waals surface area contributed by atoms with E-state index in [1.807, 2.05) is 0 Å². The molecule has 2 bridgehead atoms. The molecule has 0 amide bonds. The van der Waals surface area contributed by atoms with E-state index in [0.29, 0.717) is 12.1 Å². The third-order valence-corrected chi connectivity index (χ3v) is 2.69. The molecule has 3 N–H and O–H groups in total. The van der Waals surface area contributed by atoms with Crippen LogP contribution in [0.15, 0.2) is 0 Å². The van der Waals surface area contributed by atoms with E-state index in [-0.39, 0.29) is 6.10 Å². The van der Waals surface area contributed by atoms with Crippen LogP contribution in [0.5, 0.6) is 0 Å². The first-order valence-corrected chi connectivity index (χ1v) is 5.21. The number of hydrogen-bond donors (Lipinski definition) is 3. The Kier molecular flexibility index (Phi) is 4.35. The maximum Gasteiger partial charge on any atom is 0.300 e. The minimum atomic E-state index is -0.833. The maximum atomic E-state index is 9.38. The molecule has 2 unspecified atom stereocenters. The van der Waals surface area contributed by atoms with Gasteiger partial charge >= 0.3 is 0 Å². The summed E-state index contributed by atoms with van der Waals surface area (Å²) in [7, 11) is 0. The zero-order valence-corrected chi connectivity index (χ0v) is 8.57. The highest BCUT2D eigenvalue weighted by atomic mass is 16.4. The molecule has 0 saturated carbocycles. The average molecular weight is 201 g/mol. The summed E-state index contributed by atoms with van der Waals surface area (Å²) in [6, 6.07) is 1.25. The third-order valence-electron chi connectivity index (χ3n) is 2.69. The van der Waals surface area contributed by atoms with Crippen molar-refractivity contribution in [3.8, 4) is 0 Å². The Hall–Kier alpha value is -0.610. The number of piperidine rings is 2. The zero-order valence-electron chi connectivity index (χ0n) is 8.57. The molecule has 82 valence electrons. The van der Waals surface area contributed by atoms with Crippen LogP contribution in [-0.2, 0) is 4.79 Å². The van der Waals surface area contributed by atoms with Gasteiger partial charge in [0.25, 0.3) is 5.97 Å². The summed E-state index contributed by atoms with van der Waals surface area (Å²) in [4.78, 5) is 9.00. The van der Waals surface area contributed by atoms with E-state index in [4.69, 9.17) is 9.90 Å². The zero-order chi connectivity index (χ0) is 10.6. The fourth-order valence-electron chi connectivity index (χ4n) is 2.24. The van der Waals surface area contributed by atoms with Gasteiger partial charge in [0.1, 0.15) is 0 Å². The van der Waals surface area contributed by atoms with Crippen molar-refractivity contribution >= 4 is 5.97 Å². The summed E-state index contributed by atoms with van der Waals surface area (Å²) < 4.78 is 0. The molecule has 2 aliphatic rings. The second kappa shape index (κ2) is 5.32. The lowest BCUT2D eigenvalue weighted by atomic mass is 9.85. The number of nitrogens with one attached hydrogen (secondary N) is 1. The fourth-order valence-corrected chi connectivity index (χ4v) is 2.24. The number of carboxylic acid groups (broad SMARTS) is 1. The van der Waals surface area contributed by atoms with E-state index in [2.05, 4.69) is 5.32 Å². The molecule has 2 atom stereocenters. The fraction of sp³-hybridized carbons (Fsp3) is 0.900. The van der Waals surface area contributed by atoms with Gasteiger partial charge in [-0.15, -0.1) is 0 Å².